The fraction of sp³-hybridized carbons (Fsp3) is 0.176. The first kappa shape index (κ1) is 40.8. The van der Waals surface area contributed by atoms with Crippen molar-refractivity contribution in [2.24, 2.45) is 0 Å². The minimum absolute atomic E-state index is 1.20. The van der Waals surface area contributed by atoms with Gasteiger partial charge in [-0.1, -0.05) is 188 Å². The maximum Gasteiger partial charge on any atom is 0.0537 e. The molecule has 6 aromatic carbocycles. The monoisotopic (exact) mass is 683 g/mol. The predicted octanol–water partition coefficient (Wildman–Crippen LogP) is 15.0. The van der Waals surface area contributed by atoms with Gasteiger partial charge in [0.05, 0.1) is 11.0 Å². The highest BCUT2D eigenvalue weighted by Crippen LogP contribution is 2.32. The normalized spacial score (nSPS) is 10.5. The Hall–Kier alpha value is -5.66. The third-order valence-electron chi connectivity index (χ3n) is 8.47. The molecule has 0 atom stereocenters. The first-order chi connectivity index (χ1) is 25.2. The van der Waals surface area contributed by atoms with Crippen molar-refractivity contribution < 1.29 is 0 Å². The molecule has 0 amide bonds. The van der Waals surface area contributed by atoms with Gasteiger partial charge in [0.2, 0.25) is 0 Å². The Morgan fingerprint density at radius 2 is 0.962 bits per heavy atom. The molecular weight excluding hydrogens is 627 g/mol. The number of fused-ring (bicyclic) bond motifs is 3. The lowest BCUT2D eigenvalue weighted by Crippen LogP contribution is -1.92. The molecule has 0 fully saturated rings. The summed E-state index contributed by atoms with van der Waals surface area (Å²) in [5, 5.41) is 2.61. The van der Waals surface area contributed by atoms with Crippen molar-refractivity contribution in [1.29, 1.82) is 0 Å². The van der Waals surface area contributed by atoms with E-state index in [-0.39, 0.29) is 0 Å². The molecule has 7 aromatic rings. The van der Waals surface area contributed by atoms with Crippen LogP contribution in [-0.2, 0) is 0 Å². The Bertz CT molecular complexity index is 2140. The average molecular weight is 684 g/mol. The number of hydrogen-bond donors (Lipinski definition) is 0. The van der Waals surface area contributed by atoms with E-state index >= 15 is 0 Å². The number of benzene rings is 6. The second kappa shape index (κ2) is 21.5. The van der Waals surface area contributed by atoms with Gasteiger partial charge in [0, 0.05) is 16.5 Å². The maximum atomic E-state index is 3.71. The zero-order valence-corrected chi connectivity index (χ0v) is 32.8. The van der Waals surface area contributed by atoms with Gasteiger partial charge in [-0.05, 0) is 95.0 Å². The van der Waals surface area contributed by atoms with Gasteiger partial charge in [-0.3, -0.25) is 0 Å². The van der Waals surface area contributed by atoms with Gasteiger partial charge in [-0.2, -0.15) is 0 Å². The summed E-state index contributed by atoms with van der Waals surface area (Å²) in [7, 11) is 0. The lowest BCUT2D eigenvalue weighted by atomic mass is 9.95. The molecule has 0 spiro atoms. The summed E-state index contributed by atoms with van der Waals surface area (Å²) in [4.78, 5) is 0. The van der Waals surface area contributed by atoms with Crippen LogP contribution in [0.25, 0.3) is 38.6 Å². The van der Waals surface area contributed by atoms with E-state index in [1.54, 1.807) is 6.08 Å². The lowest BCUT2D eigenvalue weighted by Gasteiger charge is -2.09. The number of nitrogens with zero attached hydrogens (tertiary/aromatic N) is 1. The van der Waals surface area contributed by atoms with E-state index in [0.29, 0.717) is 0 Å². The van der Waals surface area contributed by atoms with E-state index in [1.807, 2.05) is 62.4 Å². The highest BCUT2D eigenvalue weighted by atomic mass is 15.0. The van der Waals surface area contributed by atoms with Crippen LogP contribution in [0.2, 0.25) is 0 Å². The minimum atomic E-state index is 1.20. The highest BCUT2D eigenvalue weighted by molar-refractivity contribution is 6.10. The molecule has 0 saturated carbocycles. The Morgan fingerprint density at radius 1 is 0.462 bits per heavy atom. The van der Waals surface area contributed by atoms with E-state index in [4.69, 9.17) is 0 Å². The van der Waals surface area contributed by atoms with Crippen LogP contribution in [0.15, 0.2) is 176 Å². The molecule has 0 saturated heterocycles. The maximum absolute atomic E-state index is 3.71. The van der Waals surface area contributed by atoms with E-state index in [0.717, 1.165) is 0 Å². The molecule has 1 heteroatoms. The van der Waals surface area contributed by atoms with Gasteiger partial charge < -0.3 is 4.57 Å². The van der Waals surface area contributed by atoms with Crippen molar-refractivity contribution >= 4 is 27.5 Å². The summed E-state index contributed by atoms with van der Waals surface area (Å²) in [5.41, 5.74) is 14.3. The summed E-state index contributed by atoms with van der Waals surface area (Å²) in [5.74, 6) is 0. The zero-order valence-electron chi connectivity index (χ0n) is 32.8. The van der Waals surface area contributed by atoms with Crippen molar-refractivity contribution in [2.75, 3.05) is 0 Å². The molecule has 0 aliphatic heterocycles. The standard InChI is InChI=1S/C20H19N.C15H16.2C7H8.C2H6/c1-4-5-6-9-16(3)21-19-11-8-7-10-17(19)18-14-15(2)12-13-20(18)21;1-11-8-9-13(3)15(10-11)14-7-5-4-6-12(14)2;2*1-7-5-3-2-4-6-7;1-2/h4-14H,1H2,2-3H3;4-10H,1-3H3;2*2-6H,1H3;1-2H3/b6-5-,16-9+;;;;. The number of rotatable bonds is 4. The summed E-state index contributed by atoms with van der Waals surface area (Å²) < 4.78 is 2.32. The van der Waals surface area contributed by atoms with E-state index < -0.39 is 0 Å². The van der Waals surface area contributed by atoms with Crippen LogP contribution in [0.3, 0.4) is 0 Å². The molecule has 0 aliphatic carbocycles. The van der Waals surface area contributed by atoms with Crippen molar-refractivity contribution in [3.05, 3.63) is 210 Å². The zero-order chi connectivity index (χ0) is 37.9. The Morgan fingerprint density at radius 3 is 1.54 bits per heavy atom. The molecule has 52 heavy (non-hydrogen) atoms. The second-order valence-electron chi connectivity index (χ2n) is 12.7. The van der Waals surface area contributed by atoms with Crippen molar-refractivity contribution in [1.82, 2.24) is 4.57 Å². The summed E-state index contributed by atoms with van der Waals surface area (Å²) in [6, 6.07) is 50.9. The SMILES string of the molecule is C=C/C=C\C=C(/C)n1c2ccccc2c2cc(C)ccc21.CC.Cc1ccc(C)c(-c2ccccc2C)c1.Cc1ccccc1.Cc1ccccc1. The van der Waals surface area contributed by atoms with Crippen LogP contribution in [0.1, 0.15) is 54.2 Å². The molecule has 266 valence electrons. The summed E-state index contributed by atoms with van der Waals surface area (Å²) in [6.07, 6.45) is 7.88. The highest BCUT2D eigenvalue weighted by Gasteiger charge is 2.11. The van der Waals surface area contributed by atoms with Gasteiger partial charge in [-0.15, -0.1) is 0 Å². The first-order valence-electron chi connectivity index (χ1n) is 18.3. The molecule has 0 radical (unpaired) electrons. The van der Waals surface area contributed by atoms with Crippen molar-refractivity contribution in [2.45, 2.75) is 62.3 Å². The molecule has 0 N–H and O–H groups in total. The van der Waals surface area contributed by atoms with Crippen LogP contribution in [-0.4, -0.2) is 4.57 Å². The number of hydrogen-bond acceptors (Lipinski definition) is 0. The largest absolute Gasteiger partial charge is 0.313 e. The van der Waals surface area contributed by atoms with E-state index in [9.17, 15) is 0 Å². The Balaban J connectivity index is 0.000000203. The third-order valence-corrected chi connectivity index (χ3v) is 8.47. The van der Waals surface area contributed by atoms with Crippen LogP contribution >= 0.6 is 0 Å². The molecule has 1 nitrogen and oxygen atoms in total. The summed E-state index contributed by atoms with van der Waals surface area (Å²) >= 11 is 0. The van der Waals surface area contributed by atoms with Crippen LogP contribution in [0.4, 0.5) is 0 Å². The average Bonchev–Trinajstić information content (AvgIpc) is 3.49. The predicted molar refractivity (Wildman–Crippen MR) is 233 cm³/mol. The molecule has 7 rings (SSSR count). The molecule has 0 unspecified atom stereocenters. The van der Waals surface area contributed by atoms with Gasteiger partial charge in [0.25, 0.3) is 0 Å². The smallest absolute Gasteiger partial charge is 0.0537 e. The van der Waals surface area contributed by atoms with Gasteiger partial charge >= 0.3 is 0 Å². The third kappa shape index (κ3) is 12.0. The topological polar surface area (TPSA) is 4.93 Å². The fourth-order valence-electron chi connectivity index (χ4n) is 5.78. The van der Waals surface area contributed by atoms with E-state index in [2.05, 4.69) is 175 Å². The first-order valence-corrected chi connectivity index (χ1v) is 18.3. The van der Waals surface area contributed by atoms with Crippen LogP contribution in [0, 0.1) is 41.5 Å². The molecule has 0 aliphatic rings. The molecule has 0 bridgehead atoms. The minimum Gasteiger partial charge on any atom is -0.313 e. The molecular formula is C51H57N. The fourth-order valence-corrected chi connectivity index (χ4v) is 5.78. The lowest BCUT2D eigenvalue weighted by molar-refractivity contribution is 1.20. The Kier molecular flexibility index (Phi) is 16.9. The Labute approximate surface area is 314 Å². The van der Waals surface area contributed by atoms with Crippen LogP contribution in [0.5, 0.6) is 0 Å². The number of aryl methyl sites for hydroxylation is 6. The van der Waals surface area contributed by atoms with Crippen molar-refractivity contribution in [3.63, 3.8) is 0 Å². The number of aromatic nitrogens is 1. The molecule has 1 aromatic heterocycles. The van der Waals surface area contributed by atoms with E-state index in [1.165, 1.54) is 72.0 Å². The number of para-hydroxylation sites is 1. The molecule has 1 heterocycles. The summed E-state index contributed by atoms with van der Waals surface area (Å²) in [6.45, 7) is 22.6. The van der Waals surface area contributed by atoms with Crippen molar-refractivity contribution in [3.8, 4) is 11.1 Å². The quantitative estimate of drug-likeness (QED) is 0.163. The van der Waals surface area contributed by atoms with Gasteiger partial charge in [-0.25, -0.2) is 0 Å². The van der Waals surface area contributed by atoms with Crippen LogP contribution < -0.4 is 0 Å². The van der Waals surface area contributed by atoms with Gasteiger partial charge in [0.1, 0.15) is 0 Å². The second-order valence-corrected chi connectivity index (χ2v) is 12.7. The van der Waals surface area contributed by atoms with Gasteiger partial charge in [0.15, 0.2) is 0 Å². The number of allylic oxidation sites excluding steroid dienone is 5.